The summed E-state index contributed by atoms with van der Waals surface area (Å²) in [5.41, 5.74) is 6.16. The summed E-state index contributed by atoms with van der Waals surface area (Å²) in [6.45, 7) is -2.63. The van der Waals surface area contributed by atoms with E-state index in [1.54, 1.807) is 11.0 Å². The van der Waals surface area contributed by atoms with Crippen LogP contribution in [0.1, 0.15) is 12.8 Å². The molecule has 1 heterocycles. The lowest BCUT2D eigenvalue weighted by Crippen LogP contribution is -2.39. The number of anilines is 2. The molecule has 0 radical (unpaired) electrons. The summed E-state index contributed by atoms with van der Waals surface area (Å²) in [4.78, 5) is 1.70. The molecule has 1 saturated heterocycles. The Morgan fingerprint density at radius 2 is 1.84 bits per heavy atom. The molecule has 0 atom stereocenters. The molecule has 0 spiro atoms. The first-order chi connectivity index (χ1) is 8.87. The number of nitrogen functional groups attached to an aromatic ring is 1. The van der Waals surface area contributed by atoms with Crippen molar-refractivity contribution in [2.45, 2.75) is 25.4 Å². The van der Waals surface area contributed by atoms with Gasteiger partial charge >= 0.3 is 6.61 Å². The van der Waals surface area contributed by atoms with E-state index in [0.29, 0.717) is 5.69 Å². The zero-order chi connectivity index (χ0) is 14.0. The first-order valence-corrected chi connectivity index (χ1v) is 5.84. The smallest absolute Gasteiger partial charge is 0.387 e. The molecule has 0 bridgehead atoms. The van der Waals surface area contributed by atoms with E-state index in [2.05, 4.69) is 4.74 Å². The molecule has 1 aliphatic rings. The second kappa shape index (κ2) is 5.14. The van der Waals surface area contributed by atoms with Crippen LogP contribution in [0.25, 0.3) is 0 Å². The van der Waals surface area contributed by atoms with Gasteiger partial charge in [0.2, 0.25) is 0 Å². The molecule has 1 aliphatic heterocycles. The second-order valence-corrected chi connectivity index (χ2v) is 4.44. The Hall–Kier alpha value is -1.66. The van der Waals surface area contributed by atoms with Crippen LogP contribution in [0.3, 0.4) is 0 Å². The molecule has 1 fully saturated rings. The Bertz CT molecular complexity index is 443. The SMILES string of the molecule is Nc1ccc(N2CCC(F)(F)CC2)cc1OC(F)F. The Labute approximate surface area is 107 Å². The number of hydrogen-bond donors (Lipinski definition) is 1. The van der Waals surface area contributed by atoms with Crippen molar-refractivity contribution in [3.05, 3.63) is 18.2 Å². The third-order valence-electron chi connectivity index (χ3n) is 3.07. The lowest BCUT2D eigenvalue weighted by atomic mass is 10.1. The predicted octanol–water partition coefficient (Wildman–Crippen LogP) is 3.11. The highest BCUT2D eigenvalue weighted by atomic mass is 19.3. The van der Waals surface area contributed by atoms with Gasteiger partial charge in [-0.05, 0) is 12.1 Å². The van der Waals surface area contributed by atoms with E-state index < -0.39 is 12.5 Å². The molecule has 7 heteroatoms. The lowest BCUT2D eigenvalue weighted by molar-refractivity contribution is -0.0493. The lowest BCUT2D eigenvalue weighted by Gasteiger charge is -2.33. The van der Waals surface area contributed by atoms with Gasteiger partial charge in [-0.1, -0.05) is 0 Å². The molecular weight excluding hydrogens is 264 g/mol. The van der Waals surface area contributed by atoms with Crippen LogP contribution >= 0.6 is 0 Å². The van der Waals surface area contributed by atoms with E-state index >= 15 is 0 Å². The summed E-state index contributed by atoms with van der Waals surface area (Å²) >= 11 is 0. The van der Waals surface area contributed by atoms with E-state index in [9.17, 15) is 17.6 Å². The number of ether oxygens (including phenoxy) is 1. The molecule has 2 rings (SSSR count). The minimum absolute atomic E-state index is 0.0892. The van der Waals surface area contributed by atoms with Crippen LogP contribution in [-0.4, -0.2) is 25.6 Å². The van der Waals surface area contributed by atoms with Gasteiger partial charge in [0.05, 0.1) is 5.69 Å². The van der Waals surface area contributed by atoms with Crippen molar-refractivity contribution >= 4 is 11.4 Å². The van der Waals surface area contributed by atoms with Gasteiger partial charge in [0, 0.05) is 37.7 Å². The molecule has 3 nitrogen and oxygen atoms in total. The van der Waals surface area contributed by atoms with Crippen LogP contribution in [0.5, 0.6) is 5.75 Å². The fraction of sp³-hybridized carbons (Fsp3) is 0.500. The Kier molecular flexibility index (Phi) is 3.73. The van der Waals surface area contributed by atoms with Gasteiger partial charge in [-0.2, -0.15) is 8.78 Å². The quantitative estimate of drug-likeness (QED) is 0.682. The van der Waals surface area contributed by atoms with Crippen molar-refractivity contribution in [1.29, 1.82) is 0 Å². The largest absolute Gasteiger partial charge is 0.433 e. The highest BCUT2D eigenvalue weighted by Crippen LogP contribution is 2.33. The van der Waals surface area contributed by atoms with E-state index in [1.165, 1.54) is 12.1 Å². The second-order valence-electron chi connectivity index (χ2n) is 4.44. The number of benzene rings is 1. The van der Waals surface area contributed by atoms with Gasteiger partial charge in [-0.3, -0.25) is 0 Å². The zero-order valence-corrected chi connectivity index (χ0v) is 10.1. The van der Waals surface area contributed by atoms with Gasteiger partial charge in [0.25, 0.3) is 5.92 Å². The molecule has 0 unspecified atom stereocenters. The van der Waals surface area contributed by atoms with Gasteiger partial charge in [0.15, 0.2) is 5.75 Å². The summed E-state index contributed by atoms with van der Waals surface area (Å²) in [5, 5.41) is 0. The summed E-state index contributed by atoms with van der Waals surface area (Å²) in [5.74, 6) is -2.78. The first-order valence-electron chi connectivity index (χ1n) is 5.84. The minimum Gasteiger partial charge on any atom is -0.433 e. The molecular formula is C12H14F4N2O. The van der Waals surface area contributed by atoms with Crippen molar-refractivity contribution < 1.29 is 22.3 Å². The Morgan fingerprint density at radius 3 is 2.42 bits per heavy atom. The van der Waals surface area contributed by atoms with Gasteiger partial charge in [-0.15, -0.1) is 0 Å². The van der Waals surface area contributed by atoms with Crippen molar-refractivity contribution in [3.8, 4) is 5.75 Å². The topological polar surface area (TPSA) is 38.5 Å². The molecule has 1 aromatic rings. The number of alkyl halides is 4. The van der Waals surface area contributed by atoms with Crippen LogP contribution in [0.15, 0.2) is 18.2 Å². The van der Waals surface area contributed by atoms with Crippen LogP contribution < -0.4 is 15.4 Å². The fourth-order valence-corrected chi connectivity index (χ4v) is 2.01. The van der Waals surface area contributed by atoms with Crippen molar-refractivity contribution in [2.75, 3.05) is 23.7 Å². The van der Waals surface area contributed by atoms with Gasteiger partial charge in [0.1, 0.15) is 0 Å². The van der Waals surface area contributed by atoms with Crippen LogP contribution in [-0.2, 0) is 0 Å². The molecule has 19 heavy (non-hydrogen) atoms. The number of halogens is 4. The monoisotopic (exact) mass is 278 g/mol. The Morgan fingerprint density at radius 1 is 1.21 bits per heavy atom. The third-order valence-corrected chi connectivity index (χ3v) is 3.07. The standard InChI is InChI=1S/C12H14F4N2O/c13-11(14)19-10-7-8(1-2-9(10)17)18-5-3-12(15,16)4-6-18/h1-2,7,11H,3-6,17H2. The third kappa shape index (κ3) is 3.42. The normalized spacial score (nSPS) is 18.7. The minimum atomic E-state index is -2.97. The molecule has 0 aliphatic carbocycles. The van der Waals surface area contributed by atoms with Gasteiger partial charge < -0.3 is 15.4 Å². The van der Waals surface area contributed by atoms with Crippen molar-refractivity contribution in [2.24, 2.45) is 0 Å². The Balaban J connectivity index is 2.13. The predicted molar refractivity (Wildman–Crippen MR) is 63.9 cm³/mol. The molecule has 2 N–H and O–H groups in total. The highest BCUT2D eigenvalue weighted by molar-refractivity contribution is 5.62. The summed E-state index contributed by atoms with van der Waals surface area (Å²) in [7, 11) is 0. The summed E-state index contributed by atoms with van der Waals surface area (Å²) in [6.07, 6.45) is -0.495. The maximum atomic E-state index is 13.0. The average molecular weight is 278 g/mol. The molecule has 0 saturated carbocycles. The van der Waals surface area contributed by atoms with E-state index in [1.807, 2.05) is 0 Å². The molecule has 106 valence electrons. The molecule has 1 aromatic carbocycles. The molecule has 0 amide bonds. The number of hydrogen-bond acceptors (Lipinski definition) is 3. The van der Waals surface area contributed by atoms with E-state index in [4.69, 9.17) is 5.73 Å². The summed E-state index contributed by atoms with van der Waals surface area (Å²) in [6, 6.07) is 4.39. The van der Waals surface area contributed by atoms with Crippen LogP contribution in [0.2, 0.25) is 0 Å². The zero-order valence-electron chi connectivity index (χ0n) is 10.1. The number of rotatable bonds is 3. The number of piperidine rings is 1. The van der Waals surface area contributed by atoms with Crippen molar-refractivity contribution in [3.63, 3.8) is 0 Å². The number of nitrogens with two attached hydrogens (primary N) is 1. The number of nitrogens with zero attached hydrogens (tertiary/aromatic N) is 1. The summed E-state index contributed by atoms with van der Waals surface area (Å²) < 4.78 is 54.7. The maximum absolute atomic E-state index is 13.0. The average Bonchev–Trinajstić information content (AvgIpc) is 2.32. The fourth-order valence-electron chi connectivity index (χ4n) is 2.01. The van der Waals surface area contributed by atoms with E-state index in [0.717, 1.165) is 0 Å². The highest BCUT2D eigenvalue weighted by Gasteiger charge is 2.34. The van der Waals surface area contributed by atoms with Crippen LogP contribution in [0.4, 0.5) is 28.9 Å². The van der Waals surface area contributed by atoms with E-state index in [-0.39, 0.29) is 37.4 Å². The maximum Gasteiger partial charge on any atom is 0.387 e. The molecule has 0 aromatic heterocycles. The van der Waals surface area contributed by atoms with Crippen molar-refractivity contribution in [1.82, 2.24) is 0 Å². The van der Waals surface area contributed by atoms with Gasteiger partial charge in [-0.25, -0.2) is 8.78 Å². The van der Waals surface area contributed by atoms with Crippen LogP contribution in [0, 0.1) is 0 Å². The first kappa shape index (κ1) is 13.8.